The summed E-state index contributed by atoms with van der Waals surface area (Å²) in [7, 11) is 0. The smallest absolute Gasteiger partial charge is 0.0190 e. The summed E-state index contributed by atoms with van der Waals surface area (Å²) in [4.78, 5) is 0. The Balaban J connectivity index is 1.73. The molecule has 1 aromatic rings. The molecule has 1 unspecified atom stereocenters. The summed E-state index contributed by atoms with van der Waals surface area (Å²) in [5, 5.41) is 0. The Labute approximate surface area is 106 Å². The zero-order valence-electron chi connectivity index (χ0n) is 11.0. The van der Waals surface area contributed by atoms with Gasteiger partial charge >= 0.3 is 0 Å². The predicted octanol–water partition coefficient (Wildman–Crippen LogP) is 5.46. The molecule has 1 aliphatic carbocycles. The maximum absolute atomic E-state index is 2.48. The van der Waals surface area contributed by atoms with Crippen LogP contribution in [0.4, 0.5) is 0 Å². The minimum absolute atomic E-state index is 0.709. The molecule has 0 saturated heterocycles. The van der Waals surface area contributed by atoms with Crippen molar-refractivity contribution in [2.75, 3.05) is 0 Å². The van der Waals surface area contributed by atoms with Gasteiger partial charge in [-0.1, -0.05) is 48.9 Å². The van der Waals surface area contributed by atoms with Crippen molar-refractivity contribution in [2.24, 2.45) is 0 Å². The second-order valence-electron chi connectivity index (χ2n) is 5.31. The molecule has 1 aromatic carbocycles. The average molecular weight is 228 g/mol. The molecule has 0 radical (unpaired) electrons. The second-order valence-corrected chi connectivity index (χ2v) is 5.31. The number of hydrogen-bond donors (Lipinski definition) is 0. The summed E-state index contributed by atoms with van der Waals surface area (Å²) in [5.41, 5.74) is 3.21. The van der Waals surface area contributed by atoms with Crippen LogP contribution in [0.1, 0.15) is 63.4 Å². The van der Waals surface area contributed by atoms with Crippen molar-refractivity contribution in [1.82, 2.24) is 0 Å². The van der Waals surface area contributed by atoms with Crippen LogP contribution in [0.15, 0.2) is 42.0 Å². The van der Waals surface area contributed by atoms with Gasteiger partial charge in [-0.05, 0) is 56.4 Å². The molecule has 1 aliphatic rings. The standard InChI is InChI=1S/C17H24/c1-15(17-13-6-3-7-14-17)9-8-12-16-10-4-2-5-11-16/h3,6-7,10,13-15H,2,4-5,8-9,11-12H2,1H3. The molecule has 0 heterocycles. The summed E-state index contributed by atoms with van der Waals surface area (Å²) in [6.45, 7) is 2.35. The molecule has 0 heteroatoms. The lowest BCUT2D eigenvalue weighted by atomic mass is 9.91. The van der Waals surface area contributed by atoms with Crippen molar-refractivity contribution in [3.63, 3.8) is 0 Å². The second kappa shape index (κ2) is 6.64. The maximum Gasteiger partial charge on any atom is -0.0190 e. The molecule has 0 aliphatic heterocycles. The number of rotatable bonds is 5. The zero-order valence-corrected chi connectivity index (χ0v) is 11.0. The van der Waals surface area contributed by atoms with Gasteiger partial charge in [0.1, 0.15) is 0 Å². The van der Waals surface area contributed by atoms with Crippen LogP contribution in [0, 0.1) is 0 Å². The summed E-state index contributed by atoms with van der Waals surface area (Å²) in [6, 6.07) is 10.9. The first kappa shape index (κ1) is 12.4. The van der Waals surface area contributed by atoms with Crippen molar-refractivity contribution < 1.29 is 0 Å². The van der Waals surface area contributed by atoms with Gasteiger partial charge in [0.25, 0.3) is 0 Å². The lowest BCUT2D eigenvalue weighted by molar-refractivity contribution is 0.602. The van der Waals surface area contributed by atoms with E-state index >= 15 is 0 Å². The Morgan fingerprint density at radius 1 is 1.12 bits per heavy atom. The average Bonchev–Trinajstić information content (AvgIpc) is 2.41. The highest BCUT2D eigenvalue weighted by Gasteiger charge is 2.07. The first-order valence-electron chi connectivity index (χ1n) is 7.09. The van der Waals surface area contributed by atoms with Gasteiger partial charge in [0, 0.05) is 0 Å². The molecule has 0 spiro atoms. The number of allylic oxidation sites excluding steroid dienone is 2. The minimum Gasteiger partial charge on any atom is -0.0853 e. The van der Waals surface area contributed by atoms with Crippen LogP contribution < -0.4 is 0 Å². The van der Waals surface area contributed by atoms with Crippen LogP contribution in [0.2, 0.25) is 0 Å². The topological polar surface area (TPSA) is 0 Å². The summed E-state index contributed by atoms with van der Waals surface area (Å²) >= 11 is 0. The fourth-order valence-corrected chi connectivity index (χ4v) is 2.72. The first-order chi connectivity index (χ1) is 8.36. The molecule has 0 amide bonds. The van der Waals surface area contributed by atoms with Crippen LogP contribution in [-0.2, 0) is 0 Å². The molecule has 17 heavy (non-hydrogen) atoms. The number of benzene rings is 1. The number of hydrogen-bond acceptors (Lipinski definition) is 0. The van der Waals surface area contributed by atoms with E-state index in [1.54, 1.807) is 5.57 Å². The quantitative estimate of drug-likeness (QED) is 0.587. The SMILES string of the molecule is CC(CCCC1=CCCCC1)c1ccccc1. The van der Waals surface area contributed by atoms with Gasteiger partial charge in [-0.25, -0.2) is 0 Å². The highest BCUT2D eigenvalue weighted by atomic mass is 14.1. The van der Waals surface area contributed by atoms with Crippen molar-refractivity contribution in [2.45, 2.75) is 57.8 Å². The lowest BCUT2D eigenvalue weighted by Crippen LogP contribution is -1.96. The normalized spacial score (nSPS) is 17.6. The van der Waals surface area contributed by atoms with E-state index in [-0.39, 0.29) is 0 Å². The summed E-state index contributed by atoms with van der Waals surface area (Å²) in [5.74, 6) is 0.709. The van der Waals surface area contributed by atoms with E-state index in [9.17, 15) is 0 Å². The third-order valence-corrected chi connectivity index (χ3v) is 3.89. The molecule has 0 saturated carbocycles. The Bertz CT molecular complexity index is 348. The van der Waals surface area contributed by atoms with Crippen LogP contribution >= 0.6 is 0 Å². The van der Waals surface area contributed by atoms with E-state index in [0.29, 0.717) is 5.92 Å². The third kappa shape index (κ3) is 4.03. The molecule has 1 atom stereocenters. The van der Waals surface area contributed by atoms with Crippen LogP contribution in [0.5, 0.6) is 0 Å². The monoisotopic (exact) mass is 228 g/mol. The maximum atomic E-state index is 2.48. The molecular formula is C17H24. The van der Waals surface area contributed by atoms with Gasteiger partial charge in [0.05, 0.1) is 0 Å². The summed E-state index contributed by atoms with van der Waals surface area (Å²) < 4.78 is 0. The molecule has 0 N–H and O–H groups in total. The van der Waals surface area contributed by atoms with E-state index < -0.39 is 0 Å². The Morgan fingerprint density at radius 3 is 2.65 bits per heavy atom. The van der Waals surface area contributed by atoms with Crippen molar-refractivity contribution in [3.8, 4) is 0 Å². The van der Waals surface area contributed by atoms with E-state index in [2.05, 4.69) is 43.3 Å². The van der Waals surface area contributed by atoms with Crippen LogP contribution in [0.3, 0.4) is 0 Å². The largest absolute Gasteiger partial charge is 0.0853 e. The van der Waals surface area contributed by atoms with E-state index in [1.807, 2.05) is 0 Å². The van der Waals surface area contributed by atoms with E-state index in [0.717, 1.165) is 0 Å². The zero-order chi connectivity index (χ0) is 11.9. The fourth-order valence-electron chi connectivity index (χ4n) is 2.72. The Kier molecular flexibility index (Phi) is 4.85. The third-order valence-electron chi connectivity index (χ3n) is 3.89. The molecule has 2 rings (SSSR count). The molecule has 0 aromatic heterocycles. The minimum atomic E-state index is 0.709. The summed E-state index contributed by atoms with van der Waals surface area (Å²) in [6.07, 6.45) is 12.0. The van der Waals surface area contributed by atoms with Crippen molar-refractivity contribution in [3.05, 3.63) is 47.5 Å². The van der Waals surface area contributed by atoms with Gasteiger partial charge < -0.3 is 0 Å². The van der Waals surface area contributed by atoms with E-state index in [4.69, 9.17) is 0 Å². The van der Waals surface area contributed by atoms with Gasteiger partial charge in [-0.2, -0.15) is 0 Å². The molecule has 0 fully saturated rings. The lowest BCUT2D eigenvalue weighted by Gasteiger charge is -2.15. The molecule has 0 nitrogen and oxygen atoms in total. The van der Waals surface area contributed by atoms with Crippen molar-refractivity contribution >= 4 is 0 Å². The molecule has 92 valence electrons. The van der Waals surface area contributed by atoms with Gasteiger partial charge in [0.2, 0.25) is 0 Å². The molecular weight excluding hydrogens is 204 g/mol. The highest BCUT2D eigenvalue weighted by molar-refractivity contribution is 5.18. The van der Waals surface area contributed by atoms with Crippen molar-refractivity contribution in [1.29, 1.82) is 0 Å². The predicted molar refractivity (Wildman–Crippen MR) is 75.3 cm³/mol. The van der Waals surface area contributed by atoms with Crippen LogP contribution in [0.25, 0.3) is 0 Å². The first-order valence-corrected chi connectivity index (χ1v) is 7.09. The Morgan fingerprint density at radius 2 is 1.94 bits per heavy atom. The molecule has 0 bridgehead atoms. The van der Waals surface area contributed by atoms with Gasteiger partial charge in [-0.15, -0.1) is 0 Å². The van der Waals surface area contributed by atoms with Gasteiger partial charge in [-0.3, -0.25) is 0 Å². The van der Waals surface area contributed by atoms with Gasteiger partial charge in [0.15, 0.2) is 0 Å². The fraction of sp³-hybridized carbons (Fsp3) is 0.529. The van der Waals surface area contributed by atoms with Crippen LogP contribution in [-0.4, -0.2) is 0 Å². The Hall–Kier alpha value is -1.04. The van der Waals surface area contributed by atoms with E-state index in [1.165, 1.54) is 50.5 Å². The highest BCUT2D eigenvalue weighted by Crippen LogP contribution is 2.26.